The molecule has 0 saturated carbocycles. The molecule has 2 aliphatic rings. The molecule has 2 fully saturated rings. The third kappa shape index (κ3) is 6.75. The maximum Gasteiger partial charge on any atom is 0.417 e. The smallest absolute Gasteiger partial charge is 0.417 e. The second-order valence-corrected chi connectivity index (χ2v) is 10.4. The number of halogens is 2. The van der Waals surface area contributed by atoms with Crippen molar-refractivity contribution in [1.82, 2.24) is 9.80 Å². The molecule has 2 heterocycles. The molecule has 4 rings (SSSR count). The minimum atomic E-state index is -1.02. The zero-order valence-electron chi connectivity index (χ0n) is 21.9. The first-order valence-electron chi connectivity index (χ1n) is 13.3. The van der Waals surface area contributed by atoms with E-state index in [1.807, 2.05) is 26.0 Å². The molecular weight excluding hydrogens is 492 g/mol. The zero-order chi connectivity index (χ0) is 27.2. The van der Waals surface area contributed by atoms with E-state index in [4.69, 9.17) is 4.74 Å². The average Bonchev–Trinajstić information content (AvgIpc) is 3.30. The topological polar surface area (TPSA) is 79.0 Å². The summed E-state index contributed by atoms with van der Waals surface area (Å²) in [7, 11) is 0. The number of unbranched alkanes of at least 4 members (excludes halogenated alkanes) is 1. The largest absolute Gasteiger partial charge is 0.446 e. The van der Waals surface area contributed by atoms with E-state index < -0.39 is 23.8 Å². The molecule has 9 heteroatoms. The molecule has 2 aromatic rings. The standard InChI is InChI=1S/C29H35F2N3O4/c1-19(2)28(36)32-23-7-5-6-21(16-23)20-11-14-33(15-12-20)13-4-3-8-27(35)34-26(18-38-29(34)37)22-9-10-24(30)25(31)17-22/h5-7,9-10,16-17,19-20,26H,3-4,8,11-15,18H2,1-2H3,(H,32,36)/t26-/m0/s1. The Morgan fingerprint density at radius 3 is 2.50 bits per heavy atom. The highest BCUT2D eigenvalue weighted by Gasteiger charge is 2.38. The maximum absolute atomic E-state index is 13.7. The lowest BCUT2D eigenvalue weighted by molar-refractivity contribution is -0.129. The molecule has 0 bridgehead atoms. The van der Waals surface area contributed by atoms with Crippen LogP contribution in [0.25, 0.3) is 0 Å². The number of rotatable bonds is 9. The fourth-order valence-electron chi connectivity index (χ4n) is 5.04. The lowest BCUT2D eigenvalue weighted by Crippen LogP contribution is -2.35. The van der Waals surface area contributed by atoms with E-state index >= 15 is 0 Å². The van der Waals surface area contributed by atoms with Crippen LogP contribution in [0.3, 0.4) is 0 Å². The summed E-state index contributed by atoms with van der Waals surface area (Å²) in [5.74, 6) is -1.99. The van der Waals surface area contributed by atoms with E-state index in [1.54, 1.807) is 0 Å². The van der Waals surface area contributed by atoms with E-state index in [2.05, 4.69) is 22.3 Å². The Morgan fingerprint density at radius 2 is 1.79 bits per heavy atom. The van der Waals surface area contributed by atoms with Gasteiger partial charge in [0.25, 0.3) is 0 Å². The van der Waals surface area contributed by atoms with Gasteiger partial charge in [0.15, 0.2) is 11.6 Å². The molecule has 0 radical (unpaired) electrons. The van der Waals surface area contributed by atoms with Gasteiger partial charge in [0, 0.05) is 18.0 Å². The Kier molecular flexibility index (Phi) is 9.09. The summed E-state index contributed by atoms with van der Waals surface area (Å²) in [4.78, 5) is 40.4. The number of piperidine rings is 1. The number of hydrogen-bond donors (Lipinski definition) is 1. The van der Waals surface area contributed by atoms with Crippen LogP contribution in [-0.4, -0.2) is 53.9 Å². The molecule has 0 aliphatic carbocycles. The van der Waals surface area contributed by atoms with Crippen molar-refractivity contribution >= 4 is 23.6 Å². The van der Waals surface area contributed by atoms with E-state index in [0.29, 0.717) is 17.9 Å². The number of hydrogen-bond acceptors (Lipinski definition) is 5. The van der Waals surface area contributed by atoms with Crippen molar-refractivity contribution in [3.05, 3.63) is 65.2 Å². The van der Waals surface area contributed by atoms with Crippen molar-refractivity contribution in [2.45, 2.75) is 57.9 Å². The van der Waals surface area contributed by atoms with E-state index in [-0.39, 0.29) is 30.8 Å². The highest BCUT2D eigenvalue weighted by atomic mass is 19.2. The van der Waals surface area contributed by atoms with Crippen molar-refractivity contribution < 1.29 is 27.9 Å². The Bertz CT molecular complexity index is 1160. The van der Waals surface area contributed by atoms with Crippen molar-refractivity contribution in [2.75, 3.05) is 31.6 Å². The molecule has 2 aliphatic heterocycles. The Balaban J connectivity index is 1.21. The van der Waals surface area contributed by atoms with Gasteiger partial charge in [0.2, 0.25) is 11.8 Å². The summed E-state index contributed by atoms with van der Waals surface area (Å²) in [6.45, 7) is 6.45. The van der Waals surface area contributed by atoms with Gasteiger partial charge in [-0.1, -0.05) is 32.0 Å². The van der Waals surface area contributed by atoms with E-state index in [0.717, 1.165) is 61.6 Å². The fraction of sp³-hybridized carbons (Fsp3) is 0.483. The molecular formula is C29H35F2N3O4. The molecule has 0 aromatic heterocycles. The van der Waals surface area contributed by atoms with Crippen molar-refractivity contribution in [2.24, 2.45) is 5.92 Å². The second-order valence-electron chi connectivity index (χ2n) is 10.4. The maximum atomic E-state index is 13.7. The molecule has 2 aromatic carbocycles. The van der Waals surface area contributed by atoms with Gasteiger partial charge < -0.3 is 15.0 Å². The molecule has 1 N–H and O–H groups in total. The van der Waals surface area contributed by atoms with Gasteiger partial charge in [-0.25, -0.2) is 18.5 Å². The first-order valence-corrected chi connectivity index (χ1v) is 13.3. The molecule has 1 atom stereocenters. The van der Waals surface area contributed by atoms with Gasteiger partial charge in [-0.2, -0.15) is 0 Å². The van der Waals surface area contributed by atoms with Crippen LogP contribution in [-0.2, 0) is 14.3 Å². The zero-order valence-corrected chi connectivity index (χ0v) is 21.9. The summed E-state index contributed by atoms with van der Waals surface area (Å²) < 4.78 is 32.0. The number of nitrogens with one attached hydrogen (secondary N) is 1. The predicted molar refractivity (Wildman–Crippen MR) is 139 cm³/mol. The van der Waals surface area contributed by atoms with Crippen LogP contribution in [0.4, 0.5) is 19.3 Å². The van der Waals surface area contributed by atoms with Crippen molar-refractivity contribution in [3.8, 4) is 0 Å². The summed E-state index contributed by atoms with van der Waals surface area (Å²) in [5.41, 5.74) is 2.41. The number of anilines is 1. The van der Waals surface area contributed by atoms with Gasteiger partial charge in [0.05, 0.1) is 0 Å². The lowest BCUT2D eigenvalue weighted by Gasteiger charge is -2.32. The van der Waals surface area contributed by atoms with Crippen LogP contribution >= 0.6 is 0 Å². The Morgan fingerprint density at radius 1 is 1.03 bits per heavy atom. The molecule has 0 unspecified atom stereocenters. The molecule has 38 heavy (non-hydrogen) atoms. The number of carbonyl (C=O) groups excluding carboxylic acids is 3. The van der Waals surface area contributed by atoms with Gasteiger partial charge in [-0.3, -0.25) is 9.59 Å². The molecule has 0 spiro atoms. The normalized spacial score (nSPS) is 18.6. The lowest BCUT2D eigenvalue weighted by atomic mass is 9.89. The quantitative estimate of drug-likeness (QED) is 0.428. The molecule has 7 nitrogen and oxygen atoms in total. The van der Waals surface area contributed by atoms with Crippen LogP contribution in [0.1, 0.15) is 69.0 Å². The first kappa shape index (κ1) is 27.7. The minimum absolute atomic E-state index is 0.0111. The van der Waals surface area contributed by atoms with Crippen LogP contribution < -0.4 is 5.32 Å². The first-order chi connectivity index (χ1) is 18.2. The van der Waals surface area contributed by atoms with Crippen LogP contribution in [0.5, 0.6) is 0 Å². The van der Waals surface area contributed by atoms with Gasteiger partial charge in [-0.15, -0.1) is 0 Å². The number of cyclic esters (lactones) is 1. The third-order valence-electron chi connectivity index (χ3n) is 7.32. The van der Waals surface area contributed by atoms with Crippen molar-refractivity contribution in [3.63, 3.8) is 0 Å². The number of nitrogens with zero attached hydrogens (tertiary/aromatic N) is 2. The predicted octanol–water partition coefficient (Wildman–Crippen LogP) is 5.63. The van der Waals surface area contributed by atoms with Crippen LogP contribution in [0, 0.1) is 17.6 Å². The van der Waals surface area contributed by atoms with Gasteiger partial charge in [-0.05, 0) is 86.6 Å². The number of benzene rings is 2. The van der Waals surface area contributed by atoms with Gasteiger partial charge >= 0.3 is 6.09 Å². The van der Waals surface area contributed by atoms with Crippen LogP contribution in [0.15, 0.2) is 42.5 Å². The number of carbonyl (C=O) groups is 3. The number of likely N-dealkylation sites (tertiary alicyclic amines) is 1. The van der Waals surface area contributed by atoms with Crippen LogP contribution in [0.2, 0.25) is 0 Å². The highest BCUT2D eigenvalue weighted by Crippen LogP contribution is 2.31. The summed E-state index contributed by atoms with van der Waals surface area (Å²) in [6.07, 6.45) is 2.91. The number of amides is 3. The third-order valence-corrected chi connectivity index (χ3v) is 7.32. The van der Waals surface area contributed by atoms with Crippen molar-refractivity contribution in [1.29, 1.82) is 0 Å². The molecule has 2 saturated heterocycles. The SMILES string of the molecule is CC(C)C(=O)Nc1cccc(C2CCN(CCCCC(=O)N3C(=O)OC[C@H]3c3ccc(F)c(F)c3)CC2)c1. The number of imide groups is 1. The average molecular weight is 528 g/mol. The fourth-order valence-corrected chi connectivity index (χ4v) is 5.04. The highest BCUT2D eigenvalue weighted by molar-refractivity contribution is 5.93. The molecule has 3 amide bonds. The Labute approximate surface area is 222 Å². The summed E-state index contributed by atoms with van der Waals surface area (Å²) in [6, 6.07) is 10.7. The Hall–Kier alpha value is -3.33. The summed E-state index contributed by atoms with van der Waals surface area (Å²) in [5, 5.41) is 2.97. The number of ether oxygens (including phenoxy) is 1. The minimum Gasteiger partial charge on any atom is -0.446 e. The monoisotopic (exact) mass is 527 g/mol. The second kappa shape index (κ2) is 12.5. The van der Waals surface area contributed by atoms with E-state index in [9.17, 15) is 23.2 Å². The van der Waals surface area contributed by atoms with E-state index in [1.165, 1.54) is 11.6 Å². The summed E-state index contributed by atoms with van der Waals surface area (Å²) >= 11 is 0. The van der Waals surface area contributed by atoms with Gasteiger partial charge in [0.1, 0.15) is 12.6 Å². The molecule has 204 valence electrons.